The van der Waals surface area contributed by atoms with Gasteiger partial charge in [0.15, 0.2) is 0 Å². The van der Waals surface area contributed by atoms with E-state index in [4.69, 9.17) is 0 Å². The Hall–Kier alpha value is -2.05. The maximum atomic E-state index is 12.5. The molecule has 1 aromatic rings. The number of hydrogen-bond acceptors (Lipinski definition) is 2. The Morgan fingerprint density at radius 2 is 1.76 bits per heavy atom. The number of anilines is 1. The number of urea groups is 1. The Bertz CT molecular complexity index is 554. The molecule has 114 valence electrons. The van der Waals surface area contributed by atoms with Crippen molar-refractivity contribution >= 4 is 17.6 Å². The smallest absolute Gasteiger partial charge is 0.321 e. The van der Waals surface area contributed by atoms with Gasteiger partial charge in [-0.15, -0.1) is 0 Å². The molecule has 21 heavy (non-hydrogen) atoms. The van der Waals surface area contributed by atoms with Crippen molar-refractivity contribution in [1.29, 1.82) is 0 Å². The largest absolute Gasteiger partial charge is 0.416 e. The number of imide groups is 1. The zero-order valence-electron chi connectivity index (χ0n) is 11.6. The van der Waals surface area contributed by atoms with Crippen LogP contribution < -0.4 is 4.90 Å². The van der Waals surface area contributed by atoms with E-state index in [2.05, 4.69) is 0 Å². The van der Waals surface area contributed by atoms with Gasteiger partial charge in [-0.2, -0.15) is 13.2 Å². The van der Waals surface area contributed by atoms with Crippen molar-refractivity contribution in [3.8, 4) is 0 Å². The molecule has 1 aromatic carbocycles. The lowest BCUT2D eigenvalue weighted by Gasteiger charge is -2.38. The maximum absolute atomic E-state index is 12.5. The molecule has 1 fully saturated rings. The SMILES string of the molecule is CCN1C(=O)N(c2ccc(C(F)(F)F)cc2)C(=O)CC1C. The number of nitrogens with zero attached hydrogens (tertiary/aromatic N) is 2. The Labute approximate surface area is 120 Å². The van der Waals surface area contributed by atoms with Crippen molar-refractivity contribution < 1.29 is 22.8 Å². The number of rotatable bonds is 2. The van der Waals surface area contributed by atoms with Crippen LogP contribution >= 0.6 is 0 Å². The molecule has 0 radical (unpaired) electrons. The first-order valence-electron chi connectivity index (χ1n) is 6.56. The highest BCUT2D eigenvalue weighted by molar-refractivity contribution is 6.16. The summed E-state index contributed by atoms with van der Waals surface area (Å²) in [4.78, 5) is 26.7. The number of benzene rings is 1. The number of carbonyl (C=O) groups excluding carboxylic acids is 2. The Balaban J connectivity index is 2.32. The van der Waals surface area contributed by atoms with Crippen LogP contribution in [-0.4, -0.2) is 29.4 Å². The van der Waals surface area contributed by atoms with E-state index in [1.54, 1.807) is 13.8 Å². The van der Waals surface area contributed by atoms with Crippen LogP contribution in [0, 0.1) is 0 Å². The van der Waals surface area contributed by atoms with Crippen molar-refractivity contribution in [2.24, 2.45) is 0 Å². The summed E-state index contributed by atoms with van der Waals surface area (Å²) in [5, 5.41) is 0. The third-order valence-electron chi connectivity index (χ3n) is 3.48. The molecule has 0 aliphatic carbocycles. The highest BCUT2D eigenvalue weighted by atomic mass is 19.4. The third-order valence-corrected chi connectivity index (χ3v) is 3.48. The van der Waals surface area contributed by atoms with Crippen molar-refractivity contribution in [1.82, 2.24) is 4.90 Å². The molecule has 0 saturated carbocycles. The van der Waals surface area contributed by atoms with Crippen LogP contribution in [0.3, 0.4) is 0 Å². The Kier molecular flexibility index (Phi) is 3.93. The van der Waals surface area contributed by atoms with Gasteiger partial charge in [-0.3, -0.25) is 4.79 Å². The van der Waals surface area contributed by atoms with Crippen LogP contribution in [0.5, 0.6) is 0 Å². The standard InChI is InChI=1S/C14H15F3N2O2/c1-3-18-9(2)8-12(20)19(13(18)21)11-6-4-10(5-7-11)14(15,16)17/h4-7,9H,3,8H2,1-2H3. The first-order valence-corrected chi connectivity index (χ1v) is 6.56. The van der Waals surface area contributed by atoms with Gasteiger partial charge in [-0.05, 0) is 38.1 Å². The van der Waals surface area contributed by atoms with E-state index in [9.17, 15) is 22.8 Å². The summed E-state index contributed by atoms with van der Waals surface area (Å²) in [6, 6.07) is 3.31. The van der Waals surface area contributed by atoms with Crippen molar-refractivity contribution in [2.45, 2.75) is 32.5 Å². The van der Waals surface area contributed by atoms with Crippen LogP contribution in [0.25, 0.3) is 0 Å². The number of halogens is 3. The average Bonchev–Trinajstić information content (AvgIpc) is 2.38. The monoisotopic (exact) mass is 300 g/mol. The number of alkyl halides is 3. The normalized spacial score (nSPS) is 20.1. The first-order chi connectivity index (χ1) is 9.75. The van der Waals surface area contributed by atoms with Gasteiger partial charge in [0, 0.05) is 19.0 Å². The van der Waals surface area contributed by atoms with Gasteiger partial charge < -0.3 is 4.90 Å². The molecule has 3 amide bonds. The Morgan fingerprint density at radius 1 is 1.19 bits per heavy atom. The molecule has 0 bridgehead atoms. The second-order valence-corrected chi connectivity index (χ2v) is 4.90. The molecule has 1 heterocycles. The third kappa shape index (κ3) is 2.86. The summed E-state index contributed by atoms with van der Waals surface area (Å²) >= 11 is 0. The Morgan fingerprint density at radius 3 is 2.24 bits per heavy atom. The van der Waals surface area contributed by atoms with Gasteiger partial charge in [-0.25, -0.2) is 9.69 Å². The van der Waals surface area contributed by atoms with Crippen LogP contribution in [-0.2, 0) is 11.0 Å². The number of amides is 3. The minimum absolute atomic E-state index is 0.153. The lowest BCUT2D eigenvalue weighted by Crippen LogP contribution is -2.56. The van der Waals surface area contributed by atoms with Gasteiger partial charge in [0.1, 0.15) is 0 Å². The number of hydrogen-bond donors (Lipinski definition) is 0. The fourth-order valence-corrected chi connectivity index (χ4v) is 2.38. The van der Waals surface area contributed by atoms with E-state index in [1.165, 1.54) is 4.90 Å². The average molecular weight is 300 g/mol. The van der Waals surface area contributed by atoms with Crippen molar-refractivity contribution in [2.75, 3.05) is 11.4 Å². The maximum Gasteiger partial charge on any atom is 0.416 e. The molecule has 4 nitrogen and oxygen atoms in total. The quantitative estimate of drug-likeness (QED) is 0.841. The highest BCUT2D eigenvalue weighted by Gasteiger charge is 2.37. The summed E-state index contributed by atoms with van der Waals surface area (Å²) in [7, 11) is 0. The molecule has 1 aliphatic rings. The minimum atomic E-state index is -4.45. The summed E-state index contributed by atoms with van der Waals surface area (Å²) in [6.45, 7) is 3.99. The molecule has 0 N–H and O–H groups in total. The molecule has 0 aromatic heterocycles. The molecular weight excluding hydrogens is 285 g/mol. The summed E-state index contributed by atoms with van der Waals surface area (Å²) in [6.07, 6.45) is -4.29. The molecular formula is C14H15F3N2O2. The summed E-state index contributed by atoms with van der Waals surface area (Å²) < 4.78 is 37.6. The molecule has 1 unspecified atom stereocenters. The predicted octanol–water partition coefficient (Wildman–Crippen LogP) is 3.27. The second-order valence-electron chi connectivity index (χ2n) is 4.90. The van der Waals surface area contributed by atoms with E-state index in [1.807, 2.05) is 0 Å². The fourth-order valence-electron chi connectivity index (χ4n) is 2.38. The van der Waals surface area contributed by atoms with Gasteiger partial charge in [-0.1, -0.05) is 0 Å². The van der Waals surface area contributed by atoms with E-state index in [-0.39, 0.29) is 18.2 Å². The van der Waals surface area contributed by atoms with E-state index < -0.39 is 23.7 Å². The van der Waals surface area contributed by atoms with Gasteiger partial charge in [0.05, 0.1) is 11.3 Å². The van der Waals surface area contributed by atoms with Crippen molar-refractivity contribution in [3.05, 3.63) is 29.8 Å². The summed E-state index contributed by atoms with van der Waals surface area (Å²) in [5.41, 5.74) is -0.660. The van der Waals surface area contributed by atoms with E-state index in [0.29, 0.717) is 6.54 Å². The van der Waals surface area contributed by atoms with Crippen LogP contribution in [0.1, 0.15) is 25.8 Å². The molecule has 0 spiro atoms. The fraction of sp³-hybridized carbons (Fsp3) is 0.429. The van der Waals surface area contributed by atoms with Gasteiger partial charge >= 0.3 is 12.2 Å². The number of carbonyl (C=O) groups is 2. The second kappa shape index (κ2) is 5.38. The topological polar surface area (TPSA) is 40.6 Å². The molecule has 2 rings (SSSR count). The van der Waals surface area contributed by atoms with Crippen LogP contribution in [0.2, 0.25) is 0 Å². The predicted molar refractivity (Wildman–Crippen MR) is 70.8 cm³/mol. The van der Waals surface area contributed by atoms with Gasteiger partial charge in [0.2, 0.25) is 5.91 Å². The van der Waals surface area contributed by atoms with Crippen LogP contribution in [0.15, 0.2) is 24.3 Å². The molecule has 7 heteroatoms. The van der Waals surface area contributed by atoms with Crippen LogP contribution in [0.4, 0.5) is 23.7 Å². The first kappa shape index (κ1) is 15.3. The van der Waals surface area contributed by atoms with Gasteiger partial charge in [0.25, 0.3) is 0 Å². The summed E-state index contributed by atoms with van der Waals surface area (Å²) in [5.74, 6) is -0.406. The van der Waals surface area contributed by atoms with E-state index in [0.717, 1.165) is 29.2 Å². The zero-order chi connectivity index (χ0) is 15.8. The minimum Gasteiger partial charge on any atom is -0.321 e. The molecule has 1 saturated heterocycles. The van der Waals surface area contributed by atoms with Crippen molar-refractivity contribution in [3.63, 3.8) is 0 Å². The lowest BCUT2D eigenvalue weighted by atomic mass is 10.1. The van der Waals surface area contributed by atoms with E-state index >= 15 is 0 Å². The zero-order valence-corrected chi connectivity index (χ0v) is 11.6. The molecule has 1 aliphatic heterocycles. The lowest BCUT2D eigenvalue weighted by molar-refractivity contribution is -0.137. The molecule has 1 atom stereocenters. The highest BCUT2D eigenvalue weighted by Crippen LogP contribution is 2.31.